The van der Waals surface area contributed by atoms with Crippen LogP contribution in [-0.4, -0.2) is 45.6 Å². The van der Waals surface area contributed by atoms with E-state index in [4.69, 9.17) is 9.47 Å². The number of nitrogens with zero attached hydrogens (tertiary/aromatic N) is 1. The summed E-state index contributed by atoms with van der Waals surface area (Å²) >= 11 is 0. The average Bonchev–Trinajstić information content (AvgIpc) is 2.69. The van der Waals surface area contributed by atoms with Gasteiger partial charge in [0.2, 0.25) is 10.0 Å². The number of anilines is 1. The first-order valence-electron chi connectivity index (χ1n) is 8.90. The Morgan fingerprint density at radius 3 is 2.54 bits per heavy atom. The van der Waals surface area contributed by atoms with Gasteiger partial charge in [-0.3, -0.25) is 0 Å². The van der Waals surface area contributed by atoms with Crippen LogP contribution in [-0.2, 0) is 14.8 Å². The highest BCUT2D eigenvalue weighted by Crippen LogP contribution is 2.33. The minimum Gasteiger partial charge on any atom is -0.455 e. The molecule has 0 saturated carbocycles. The maximum atomic E-state index is 13.1. The molecule has 1 heterocycles. The van der Waals surface area contributed by atoms with Gasteiger partial charge >= 0.3 is 0 Å². The molecule has 1 aliphatic rings. The van der Waals surface area contributed by atoms with Gasteiger partial charge in [0.25, 0.3) is 0 Å². The van der Waals surface area contributed by atoms with E-state index >= 15 is 0 Å². The lowest BCUT2D eigenvalue weighted by Gasteiger charge is -2.26. The molecule has 0 spiro atoms. The number of hydrogen-bond acceptors (Lipinski definition) is 5. The van der Waals surface area contributed by atoms with Gasteiger partial charge in [0.1, 0.15) is 11.6 Å². The summed E-state index contributed by atoms with van der Waals surface area (Å²) in [6.45, 7) is 7.58. The fraction of sp³-hybridized carbons (Fsp3) is 0.300. The molecule has 6 nitrogen and oxygen atoms in total. The second-order valence-electron chi connectivity index (χ2n) is 6.54. The fourth-order valence-corrected chi connectivity index (χ4v) is 4.14. The lowest BCUT2D eigenvalue weighted by molar-refractivity contribution is 0.0730. The van der Waals surface area contributed by atoms with Crippen molar-refractivity contribution in [1.82, 2.24) is 4.31 Å². The third-order valence-corrected chi connectivity index (χ3v) is 6.08. The van der Waals surface area contributed by atoms with Crippen LogP contribution >= 0.6 is 0 Å². The predicted molar refractivity (Wildman–Crippen MR) is 106 cm³/mol. The van der Waals surface area contributed by atoms with Crippen LogP contribution in [0.4, 0.5) is 10.1 Å². The van der Waals surface area contributed by atoms with E-state index in [1.807, 2.05) is 6.92 Å². The molecule has 28 heavy (non-hydrogen) atoms. The molecule has 0 amide bonds. The Bertz CT molecular complexity index is 939. The molecular formula is C20H23FN2O4S. The van der Waals surface area contributed by atoms with Gasteiger partial charge in [-0.2, -0.15) is 4.31 Å². The number of nitrogens with one attached hydrogen (secondary N) is 1. The van der Waals surface area contributed by atoms with Gasteiger partial charge in [0.15, 0.2) is 5.75 Å². The lowest BCUT2D eigenvalue weighted by Crippen LogP contribution is -2.40. The third-order valence-electron chi connectivity index (χ3n) is 4.18. The van der Waals surface area contributed by atoms with Crippen LogP contribution in [0.2, 0.25) is 0 Å². The average molecular weight is 406 g/mol. The molecular weight excluding hydrogens is 383 g/mol. The Morgan fingerprint density at radius 1 is 1.21 bits per heavy atom. The molecule has 1 saturated heterocycles. The van der Waals surface area contributed by atoms with Gasteiger partial charge < -0.3 is 14.8 Å². The number of rotatable bonds is 7. The minimum atomic E-state index is -3.63. The molecule has 1 aliphatic heterocycles. The Kier molecular flexibility index (Phi) is 6.33. The molecule has 2 aromatic carbocycles. The number of halogens is 1. The summed E-state index contributed by atoms with van der Waals surface area (Å²) in [5.74, 6) is 0.525. The van der Waals surface area contributed by atoms with Crippen molar-refractivity contribution in [3.05, 3.63) is 60.4 Å². The first-order chi connectivity index (χ1) is 13.4. The van der Waals surface area contributed by atoms with E-state index in [1.54, 1.807) is 12.1 Å². The van der Waals surface area contributed by atoms with Gasteiger partial charge in [0, 0.05) is 19.6 Å². The van der Waals surface area contributed by atoms with Crippen LogP contribution in [0.5, 0.6) is 11.5 Å². The number of sulfonamides is 1. The van der Waals surface area contributed by atoms with Crippen molar-refractivity contribution in [2.24, 2.45) is 0 Å². The maximum absolute atomic E-state index is 13.1. The van der Waals surface area contributed by atoms with E-state index in [9.17, 15) is 12.8 Å². The van der Waals surface area contributed by atoms with E-state index in [-0.39, 0.29) is 10.7 Å². The lowest BCUT2D eigenvalue weighted by atomic mass is 10.2. The highest BCUT2D eigenvalue weighted by Gasteiger charge is 2.27. The van der Waals surface area contributed by atoms with Crippen LogP contribution in [0, 0.1) is 5.82 Å². The second-order valence-corrected chi connectivity index (χ2v) is 8.48. The van der Waals surface area contributed by atoms with Gasteiger partial charge in [-0.25, -0.2) is 12.8 Å². The van der Waals surface area contributed by atoms with Gasteiger partial charge in [-0.1, -0.05) is 12.2 Å². The number of ether oxygens (including phenoxy) is 2. The van der Waals surface area contributed by atoms with Crippen molar-refractivity contribution in [3.63, 3.8) is 0 Å². The third kappa shape index (κ3) is 4.89. The molecule has 150 valence electrons. The highest BCUT2D eigenvalue weighted by atomic mass is 32.2. The van der Waals surface area contributed by atoms with Crippen LogP contribution in [0.3, 0.4) is 0 Å². The van der Waals surface area contributed by atoms with Crippen molar-refractivity contribution in [2.75, 3.05) is 38.2 Å². The zero-order valence-electron chi connectivity index (χ0n) is 15.7. The normalized spacial score (nSPS) is 15.2. The molecule has 2 aromatic rings. The van der Waals surface area contributed by atoms with E-state index in [0.717, 1.165) is 5.57 Å². The van der Waals surface area contributed by atoms with E-state index in [0.29, 0.717) is 50.0 Å². The van der Waals surface area contributed by atoms with Crippen molar-refractivity contribution in [2.45, 2.75) is 11.8 Å². The van der Waals surface area contributed by atoms with Crippen LogP contribution in [0.25, 0.3) is 0 Å². The van der Waals surface area contributed by atoms with E-state index in [1.165, 1.54) is 34.6 Å². The van der Waals surface area contributed by atoms with Crippen molar-refractivity contribution >= 4 is 15.7 Å². The molecule has 0 bridgehead atoms. The minimum absolute atomic E-state index is 0.171. The van der Waals surface area contributed by atoms with Gasteiger partial charge in [-0.05, 0) is 49.4 Å². The Morgan fingerprint density at radius 2 is 1.89 bits per heavy atom. The molecule has 0 aromatic heterocycles. The summed E-state index contributed by atoms with van der Waals surface area (Å²) in [5.41, 5.74) is 1.40. The summed E-state index contributed by atoms with van der Waals surface area (Å²) in [6, 6.07) is 10.3. The van der Waals surface area contributed by atoms with Gasteiger partial charge in [0.05, 0.1) is 23.8 Å². The first kappa shape index (κ1) is 20.3. The Hall–Kier alpha value is -2.42. The summed E-state index contributed by atoms with van der Waals surface area (Å²) in [7, 11) is -3.63. The first-order valence-corrected chi connectivity index (χ1v) is 10.3. The second kappa shape index (κ2) is 8.72. The van der Waals surface area contributed by atoms with Gasteiger partial charge in [-0.15, -0.1) is 0 Å². The Labute approximate surface area is 164 Å². The zero-order chi connectivity index (χ0) is 20.1. The largest absolute Gasteiger partial charge is 0.455 e. The summed E-state index contributed by atoms with van der Waals surface area (Å²) in [5, 5.41) is 3.15. The van der Waals surface area contributed by atoms with E-state index in [2.05, 4.69) is 11.9 Å². The summed E-state index contributed by atoms with van der Waals surface area (Å²) < 4.78 is 51.4. The number of benzene rings is 2. The topological polar surface area (TPSA) is 67.9 Å². The molecule has 0 radical (unpaired) electrons. The Balaban J connectivity index is 1.91. The molecule has 3 rings (SSSR count). The van der Waals surface area contributed by atoms with Crippen LogP contribution in [0.15, 0.2) is 59.5 Å². The predicted octanol–water partition coefficient (Wildman–Crippen LogP) is 3.63. The van der Waals surface area contributed by atoms with Crippen LogP contribution in [0.1, 0.15) is 6.92 Å². The van der Waals surface area contributed by atoms with E-state index < -0.39 is 10.0 Å². The van der Waals surface area contributed by atoms with Crippen molar-refractivity contribution in [1.29, 1.82) is 0 Å². The van der Waals surface area contributed by atoms with Crippen molar-refractivity contribution in [3.8, 4) is 11.5 Å². The molecule has 8 heteroatoms. The van der Waals surface area contributed by atoms with Crippen molar-refractivity contribution < 1.29 is 22.3 Å². The highest BCUT2D eigenvalue weighted by molar-refractivity contribution is 7.89. The molecule has 0 unspecified atom stereocenters. The monoisotopic (exact) mass is 406 g/mol. The zero-order valence-corrected chi connectivity index (χ0v) is 16.5. The maximum Gasteiger partial charge on any atom is 0.243 e. The summed E-state index contributed by atoms with van der Waals surface area (Å²) in [6.07, 6.45) is 0. The molecule has 0 atom stereocenters. The standard InChI is InChI=1S/C20H23FN2O4S/c1-15(2)14-22-19-13-18(28(24,25)23-9-11-26-12-10-23)7-8-20(19)27-17-5-3-16(21)4-6-17/h3-8,13,22H,1,9-12,14H2,2H3. The SMILES string of the molecule is C=C(C)CNc1cc(S(=O)(=O)N2CCOCC2)ccc1Oc1ccc(F)cc1. The quantitative estimate of drug-likeness (QED) is 0.712. The molecule has 1 N–H and O–H groups in total. The smallest absolute Gasteiger partial charge is 0.243 e. The number of morpholine rings is 1. The number of hydrogen-bond donors (Lipinski definition) is 1. The van der Waals surface area contributed by atoms with Crippen LogP contribution < -0.4 is 10.1 Å². The molecule has 1 fully saturated rings. The summed E-state index contributed by atoms with van der Waals surface area (Å²) in [4.78, 5) is 0.171. The fourth-order valence-electron chi connectivity index (χ4n) is 2.71. The molecule has 0 aliphatic carbocycles.